The van der Waals surface area contributed by atoms with Crippen molar-refractivity contribution in [3.8, 4) is 0 Å². The highest BCUT2D eigenvalue weighted by Gasteiger charge is 2.43. The average molecular weight is 194 g/mol. The predicted molar refractivity (Wildman–Crippen MR) is 58.3 cm³/mol. The summed E-state index contributed by atoms with van der Waals surface area (Å²) in [4.78, 5) is 5.30. The van der Waals surface area contributed by atoms with Crippen LogP contribution in [0.3, 0.4) is 0 Å². The van der Waals surface area contributed by atoms with Gasteiger partial charge in [0.05, 0.1) is 0 Å². The zero-order valence-electron chi connectivity index (χ0n) is 9.45. The van der Waals surface area contributed by atoms with Gasteiger partial charge in [-0.2, -0.15) is 0 Å². The van der Waals surface area contributed by atoms with Crippen molar-refractivity contribution in [3.05, 3.63) is 0 Å². The first-order valence-corrected chi connectivity index (χ1v) is 6.16. The van der Waals surface area contributed by atoms with Crippen LogP contribution in [0.15, 0.2) is 0 Å². The second-order valence-electron chi connectivity index (χ2n) is 5.69. The van der Waals surface area contributed by atoms with Crippen molar-refractivity contribution in [2.75, 3.05) is 27.2 Å². The van der Waals surface area contributed by atoms with Gasteiger partial charge in [-0.3, -0.25) is 0 Å². The molecule has 1 aliphatic carbocycles. The van der Waals surface area contributed by atoms with E-state index in [0.29, 0.717) is 0 Å². The van der Waals surface area contributed by atoms with Crippen molar-refractivity contribution >= 4 is 0 Å². The Morgan fingerprint density at radius 3 is 1.50 bits per heavy atom. The van der Waals surface area contributed by atoms with E-state index in [1.54, 1.807) is 0 Å². The van der Waals surface area contributed by atoms with Crippen LogP contribution in [0.25, 0.3) is 0 Å². The zero-order valence-corrected chi connectivity index (χ0v) is 9.45. The fraction of sp³-hybridized carbons (Fsp3) is 1.00. The van der Waals surface area contributed by atoms with E-state index in [2.05, 4.69) is 23.9 Å². The second-order valence-corrected chi connectivity index (χ2v) is 5.69. The highest BCUT2D eigenvalue weighted by Crippen LogP contribution is 2.40. The molecular formula is C12H22N2. The Morgan fingerprint density at radius 2 is 1.14 bits per heavy atom. The van der Waals surface area contributed by atoms with Crippen LogP contribution in [-0.4, -0.2) is 49.1 Å². The lowest BCUT2D eigenvalue weighted by Crippen LogP contribution is -2.59. The number of nitrogens with zero attached hydrogens (tertiary/aromatic N) is 2. The molecule has 0 aromatic carbocycles. The van der Waals surface area contributed by atoms with Crippen molar-refractivity contribution in [3.63, 3.8) is 0 Å². The first kappa shape index (κ1) is 9.17. The highest BCUT2D eigenvalue weighted by atomic mass is 15.2. The van der Waals surface area contributed by atoms with Gasteiger partial charge >= 0.3 is 0 Å². The Balaban J connectivity index is 1.91. The quantitative estimate of drug-likeness (QED) is 0.575. The van der Waals surface area contributed by atoms with Gasteiger partial charge in [0.25, 0.3) is 0 Å². The summed E-state index contributed by atoms with van der Waals surface area (Å²) in [6.45, 7) is 2.71. The molecule has 0 N–H and O–H groups in total. The molecule has 5 saturated heterocycles. The molecule has 0 unspecified atom stereocenters. The zero-order chi connectivity index (χ0) is 9.71. The van der Waals surface area contributed by atoms with E-state index in [0.717, 1.165) is 23.9 Å². The van der Waals surface area contributed by atoms with Crippen molar-refractivity contribution in [2.24, 2.45) is 11.8 Å². The Morgan fingerprint density at radius 1 is 0.714 bits per heavy atom. The van der Waals surface area contributed by atoms with Crippen molar-refractivity contribution in [1.29, 1.82) is 0 Å². The number of rotatable bonds is 0. The first-order valence-electron chi connectivity index (χ1n) is 6.16. The van der Waals surface area contributed by atoms with Gasteiger partial charge in [-0.15, -0.1) is 0 Å². The lowest BCUT2D eigenvalue weighted by Gasteiger charge is -2.54. The standard InChI is InChI=1S/C12H22N2/c1-13-7-9-3-5-11(13)10-4-6-12(9)14(2)8-10/h9-12H,3-8H2,1-2H3/t9-,10-,11-,12+/m1/s1. The third-order valence-corrected chi connectivity index (χ3v) is 4.93. The van der Waals surface area contributed by atoms with E-state index in [1.807, 2.05) is 0 Å². The molecule has 5 aliphatic heterocycles. The number of hydrogen-bond donors (Lipinski definition) is 0. The van der Waals surface area contributed by atoms with Crippen LogP contribution in [0.5, 0.6) is 0 Å². The first-order chi connectivity index (χ1) is 6.75. The van der Waals surface area contributed by atoms with E-state index in [-0.39, 0.29) is 0 Å². The third-order valence-electron chi connectivity index (χ3n) is 4.93. The Kier molecular flexibility index (Phi) is 2.10. The van der Waals surface area contributed by atoms with Gasteiger partial charge in [-0.1, -0.05) is 0 Å². The molecule has 2 heteroatoms. The van der Waals surface area contributed by atoms with Crippen molar-refractivity contribution in [2.45, 2.75) is 37.8 Å². The summed E-state index contributed by atoms with van der Waals surface area (Å²) < 4.78 is 0. The van der Waals surface area contributed by atoms with Crippen molar-refractivity contribution < 1.29 is 0 Å². The predicted octanol–water partition coefficient (Wildman–Crippen LogP) is 1.42. The Bertz CT molecular complexity index is 204. The maximum atomic E-state index is 2.65. The average Bonchev–Trinajstić information content (AvgIpc) is 2.13. The summed E-state index contributed by atoms with van der Waals surface area (Å²) in [5.74, 6) is 1.92. The largest absolute Gasteiger partial charge is 0.303 e. The van der Waals surface area contributed by atoms with Gasteiger partial charge < -0.3 is 9.80 Å². The van der Waals surface area contributed by atoms with Crippen LogP contribution in [0, 0.1) is 11.8 Å². The molecule has 0 aromatic rings. The molecule has 0 aromatic heterocycles. The van der Waals surface area contributed by atoms with E-state index in [1.165, 1.54) is 38.8 Å². The smallest absolute Gasteiger partial charge is 0.0133 e. The van der Waals surface area contributed by atoms with E-state index >= 15 is 0 Å². The van der Waals surface area contributed by atoms with Gasteiger partial charge in [-0.05, 0) is 51.6 Å². The Hall–Kier alpha value is -0.0800. The minimum atomic E-state index is 0.898. The summed E-state index contributed by atoms with van der Waals surface area (Å²) in [5.41, 5.74) is 0. The second kappa shape index (κ2) is 3.21. The molecule has 6 aliphatic rings. The SMILES string of the molecule is CN1C[C@H]2CC[C@@H]1[C@@H]1CC[C@@H]2N(C)C1. The van der Waals surface area contributed by atoms with Crippen LogP contribution in [0.4, 0.5) is 0 Å². The number of piperidine rings is 2. The van der Waals surface area contributed by atoms with Crippen LogP contribution < -0.4 is 0 Å². The van der Waals surface area contributed by atoms with Crippen LogP contribution in [0.2, 0.25) is 0 Å². The number of hydrogen-bond acceptors (Lipinski definition) is 2. The maximum Gasteiger partial charge on any atom is 0.0133 e. The molecule has 5 heterocycles. The normalized spacial score (nSPS) is 49.3. The van der Waals surface area contributed by atoms with Crippen molar-refractivity contribution in [1.82, 2.24) is 9.80 Å². The van der Waals surface area contributed by atoms with E-state index in [9.17, 15) is 0 Å². The van der Waals surface area contributed by atoms with E-state index in [4.69, 9.17) is 0 Å². The minimum absolute atomic E-state index is 0.898. The molecule has 4 bridgehead atoms. The molecule has 0 amide bonds. The molecule has 4 atom stereocenters. The van der Waals surface area contributed by atoms with Crippen LogP contribution >= 0.6 is 0 Å². The summed E-state index contributed by atoms with van der Waals surface area (Å²) in [7, 11) is 4.69. The molecule has 2 nitrogen and oxygen atoms in total. The molecule has 0 radical (unpaired) electrons. The highest BCUT2D eigenvalue weighted by molar-refractivity contribution is 4.98. The Labute approximate surface area is 87.3 Å². The molecule has 14 heavy (non-hydrogen) atoms. The summed E-state index contributed by atoms with van der Waals surface area (Å²) in [6.07, 6.45) is 5.91. The summed E-state index contributed by atoms with van der Waals surface area (Å²) >= 11 is 0. The van der Waals surface area contributed by atoms with Crippen LogP contribution in [-0.2, 0) is 0 Å². The molecule has 6 fully saturated rings. The van der Waals surface area contributed by atoms with Gasteiger partial charge in [0.1, 0.15) is 0 Å². The van der Waals surface area contributed by atoms with E-state index < -0.39 is 0 Å². The summed E-state index contributed by atoms with van der Waals surface area (Å²) in [6, 6.07) is 1.80. The third kappa shape index (κ3) is 1.24. The maximum absolute atomic E-state index is 2.65. The van der Waals surface area contributed by atoms with Gasteiger partial charge in [0, 0.05) is 25.2 Å². The molecule has 6 rings (SSSR count). The molecule has 1 saturated carbocycles. The molecule has 0 spiro atoms. The lowest BCUT2D eigenvalue weighted by atomic mass is 9.72. The fourth-order valence-corrected chi connectivity index (χ4v) is 4.22. The van der Waals surface area contributed by atoms with Gasteiger partial charge in [0.2, 0.25) is 0 Å². The monoisotopic (exact) mass is 194 g/mol. The van der Waals surface area contributed by atoms with Crippen LogP contribution in [0.1, 0.15) is 25.7 Å². The fourth-order valence-electron chi connectivity index (χ4n) is 4.22. The molecule has 80 valence electrons. The molecular weight excluding hydrogens is 172 g/mol. The lowest BCUT2D eigenvalue weighted by molar-refractivity contribution is -0.0381. The topological polar surface area (TPSA) is 6.48 Å². The summed E-state index contributed by atoms with van der Waals surface area (Å²) in [5, 5.41) is 0. The van der Waals surface area contributed by atoms with Gasteiger partial charge in [-0.25, -0.2) is 0 Å². The van der Waals surface area contributed by atoms with Gasteiger partial charge in [0.15, 0.2) is 0 Å². The minimum Gasteiger partial charge on any atom is -0.303 e.